The van der Waals surface area contributed by atoms with E-state index in [0.29, 0.717) is 25.5 Å². The molecule has 0 saturated carbocycles. The normalized spacial score (nSPS) is 37.8. The van der Waals surface area contributed by atoms with Crippen LogP contribution in [0.1, 0.15) is 46.0 Å². The fourth-order valence-corrected chi connectivity index (χ4v) is 3.49. The molecular weight excluding hydrogens is 240 g/mol. The van der Waals surface area contributed by atoms with E-state index < -0.39 is 11.0 Å². The van der Waals surface area contributed by atoms with E-state index in [2.05, 4.69) is 24.8 Å². The lowest BCUT2D eigenvalue weighted by Crippen LogP contribution is -2.52. The van der Waals surface area contributed by atoms with E-state index in [-0.39, 0.29) is 0 Å². The van der Waals surface area contributed by atoms with Crippen LogP contribution in [0.15, 0.2) is 0 Å². The maximum atomic E-state index is 11.1. The highest BCUT2D eigenvalue weighted by Crippen LogP contribution is 2.44. The second-order valence-corrected chi connectivity index (χ2v) is 6.36. The monoisotopic (exact) mass is 266 g/mol. The number of ether oxygens (including phenoxy) is 1. The lowest BCUT2D eigenvalue weighted by Gasteiger charge is -2.44. The average Bonchev–Trinajstić information content (AvgIpc) is 2.63. The van der Waals surface area contributed by atoms with Crippen molar-refractivity contribution in [3.8, 4) is 6.07 Å². The highest BCUT2D eigenvalue weighted by atomic mass is 16.5. The summed E-state index contributed by atoms with van der Waals surface area (Å²) in [6.45, 7) is 7.38. The van der Waals surface area contributed by atoms with Crippen LogP contribution >= 0.6 is 0 Å². The maximum Gasteiger partial charge on any atom is 0.109 e. The van der Waals surface area contributed by atoms with Gasteiger partial charge < -0.3 is 14.7 Å². The first-order valence-electron chi connectivity index (χ1n) is 7.48. The fraction of sp³-hybridized carbons (Fsp3) is 0.933. The van der Waals surface area contributed by atoms with Crippen molar-refractivity contribution in [3.05, 3.63) is 0 Å². The van der Waals surface area contributed by atoms with Crippen molar-refractivity contribution in [1.82, 2.24) is 4.90 Å². The summed E-state index contributed by atoms with van der Waals surface area (Å²) >= 11 is 0. The summed E-state index contributed by atoms with van der Waals surface area (Å²) in [7, 11) is 0. The van der Waals surface area contributed by atoms with Crippen LogP contribution in [0.4, 0.5) is 0 Å². The van der Waals surface area contributed by atoms with Crippen molar-refractivity contribution in [2.24, 2.45) is 5.41 Å². The lowest BCUT2D eigenvalue weighted by molar-refractivity contribution is -0.125. The van der Waals surface area contributed by atoms with Gasteiger partial charge in [0.25, 0.3) is 0 Å². The molecule has 0 aromatic rings. The van der Waals surface area contributed by atoms with E-state index in [1.165, 1.54) is 0 Å². The summed E-state index contributed by atoms with van der Waals surface area (Å²) in [6, 6.07) is 2.91. The van der Waals surface area contributed by atoms with Crippen LogP contribution in [-0.2, 0) is 4.74 Å². The van der Waals surface area contributed by atoms with Crippen molar-refractivity contribution in [2.45, 2.75) is 57.6 Å². The molecular formula is C15H26N2O2. The predicted octanol–water partition coefficient (Wildman–Crippen LogP) is 1.93. The number of nitrogens with zero attached hydrogens (tertiary/aromatic N) is 2. The Morgan fingerprint density at radius 1 is 1.21 bits per heavy atom. The standard InChI is InChI=1S/C15H26N2O2/c1-13(2)17-8-3-6-15(18,7-9-17)14(11-16)5-4-10-19-12-14/h13,18H,3-10,12H2,1-2H3. The first-order chi connectivity index (χ1) is 9.03. The van der Waals surface area contributed by atoms with Gasteiger partial charge in [0.15, 0.2) is 0 Å². The highest BCUT2D eigenvalue weighted by molar-refractivity contribution is 5.13. The molecule has 2 aliphatic heterocycles. The zero-order valence-corrected chi connectivity index (χ0v) is 12.2. The van der Waals surface area contributed by atoms with Crippen LogP contribution < -0.4 is 0 Å². The minimum atomic E-state index is -0.883. The lowest BCUT2D eigenvalue weighted by atomic mass is 9.66. The Morgan fingerprint density at radius 2 is 2.00 bits per heavy atom. The van der Waals surface area contributed by atoms with Gasteiger partial charge in [-0.1, -0.05) is 0 Å². The Balaban J connectivity index is 2.15. The smallest absolute Gasteiger partial charge is 0.109 e. The summed E-state index contributed by atoms with van der Waals surface area (Å²) < 4.78 is 5.51. The van der Waals surface area contributed by atoms with Crippen LogP contribution in [0.25, 0.3) is 0 Å². The molecule has 2 fully saturated rings. The van der Waals surface area contributed by atoms with Gasteiger partial charge in [-0.2, -0.15) is 5.26 Å². The van der Waals surface area contributed by atoms with Crippen molar-refractivity contribution < 1.29 is 9.84 Å². The molecule has 2 saturated heterocycles. The Labute approximate surface area is 116 Å². The fourth-order valence-electron chi connectivity index (χ4n) is 3.49. The van der Waals surface area contributed by atoms with Crippen molar-refractivity contribution in [1.29, 1.82) is 5.26 Å². The van der Waals surface area contributed by atoms with E-state index in [1.54, 1.807) is 0 Å². The predicted molar refractivity (Wildman–Crippen MR) is 73.6 cm³/mol. The molecule has 2 rings (SSSR count). The Bertz CT molecular complexity index is 345. The highest BCUT2D eigenvalue weighted by Gasteiger charge is 2.52. The van der Waals surface area contributed by atoms with Gasteiger partial charge >= 0.3 is 0 Å². The summed E-state index contributed by atoms with van der Waals surface area (Å²) in [5.41, 5.74) is -1.58. The molecule has 19 heavy (non-hydrogen) atoms. The van der Waals surface area contributed by atoms with E-state index in [1.807, 2.05) is 0 Å². The number of hydrogen-bond donors (Lipinski definition) is 1. The molecule has 0 aromatic carbocycles. The number of rotatable bonds is 2. The SMILES string of the molecule is CC(C)N1CCCC(O)(C2(C#N)CCCOC2)CC1. The van der Waals surface area contributed by atoms with Gasteiger partial charge in [-0.15, -0.1) is 0 Å². The molecule has 1 N–H and O–H groups in total. The van der Waals surface area contributed by atoms with Gasteiger partial charge in [-0.25, -0.2) is 0 Å². The summed E-state index contributed by atoms with van der Waals surface area (Å²) in [4.78, 5) is 2.40. The van der Waals surface area contributed by atoms with Crippen LogP contribution in [0.3, 0.4) is 0 Å². The first-order valence-corrected chi connectivity index (χ1v) is 7.48. The van der Waals surface area contributed by atoms with Crippen LogP contribution in [0, 0.1) is 16.7 Å². The molecule has 2 atom stereocenters. The molecule has 2 heterocycles. The number of aliphatic hydroxyl groups is 1. The topological polar surface area (TPSA) is 56.5 Å². The van der Waals surface area contributed by atoms with Gasteiger partial charge in [0.1, 0.15) is 5.41 Å². The van der Waals surface area contributed by atoms with Gasteiger partial charge in [0.05, 0.1) is 18.3 Å². The Kier molecular flexibility index (Phi) is 4.50. The molecule has 0 aliphatic carbocycles. The van der Waals surface area contributed by atoms with Gasteiger partial charge in [0.2, 0.25) is 0 Å². The molecule has 0 bridgehead atoms. The minimum absolute atomic E-state index is 0.391. The zero-order valence-electron chi connectivity index (χ0n) is 12.2. The summed E-state index contributed by atoms with van der Waals surface area (Å²) in [5, 5.41) is 20.7. The first kappa shape index (κ1) is 14.8. The van der Waals surface area contributed by atoms with E-state index in [0.717, 1.165) is 39.0 Å². The van der Waals surface area contributed by atoms with Crippen molar-refractivity contribution in [2.75, 3.05) is 26.3 Å². The number of likely N-dealkylation sites (tertiary alicyclic amines) is 1. The molecule has 0 radical (unpaired) electrons. The van der Waals surface area contributed by atoms with E-state index >= 15 is 0 Å². The third-order valence-electron chi connectivity index (χ3n) is 4.92. The van der Waals surface area contributed by atoms with Crippen molar-refractivity contribution in [3.63, 3.8) is 0 Å². The van der Waals surface area contributed by atoms with E-state index in [4.69, 9.17) is 4.74 Å². The van der Waals surface area contributed by atoms with Crippen LogP contribution in [-0.4, -0.2) is 48.0 Å². The second kappa shape index (κ2) is 5.78. The third kappa shape index (κ3) is 2.79. The summed E-state index contributed by atoms with van der Waals surface area (Å²) in [6.07, 6.45) is 4.00. The number of nitriles is 1. The molecule has 0 aromatic heterocycles. The molecule has 0 amide bonds. The quantitative estimate of drug-likeness (QED) is 0.830. The molecule has 0 spiro atoms. The molecule has 2 aliphatic rings. The molecule has 4 nitrogen and oxygen atoms in total. The van der Waals surface area contributed by atoms with Crippen LogP contribution in [0.2, 0.25) is 0 Å². The minimum Gasteiger partial charge on any atom is -0.388 e. The van der Waals surface area contributed by atoms with Gasteiger partial charge in [0, 0.05) is 19.2 Å². The molecule has 108 valence electrons. The second-order valence-electron chi connectivity index (χ2n) is 6.36. The number of hydrogen-bond acceptors (Lipinski definition) is 4. The third-order valence-corrected chi connectivity index (χ3v) is 4.92. The molecule has 2 unspecified atom stereocenters. The van der Waals surface area contributed by atoms with Crippen LogP contribution in [0.5, 0.6) is 0 Å². The van der Waals surface area contributed by atoms with Gasteiger partial charge in [-0.3, -0.25) is 0 Å². The average molecular weight is 266 g/mol. The Hall–Kier alpha value is -0.630. The van der Waals surface area contributed by atoms with E-state index in [9.17, 15) is 10.4 Å². The maximum absolute atomic E-state index is 11.1. The van der Waals surface area contributed by atoms with Gasteiger partial charge in [-0.05, 0) is 52.5 Å². The summed E-state index contributed by atoms with van der Waals surface area (Å²) in [5.74, 6) is 0. The largest absolute Gasteiger partial charge is 0.388 e. The Morgan fingerprint density at radius 3 is 2.58 bits per heavy atom. The zero-order chi connectivity index (χ0) is 13.9. The van der Waals surface area contributed by atoms with Crippen molar-refractivity contribution >= 4 is 0 Å². The molecule has 4 heteroatoms.